The van der Waals surface area contributed by atoms with Gasteiger partial charge >= 0.3 is 5.97 Å². The minimum absolute atomic E-state index is 0.250. The number of ether oxygens (including phenoxy) is 1. The summed E-state index contributed by atoms with van der Waals surface area (Å²) in [7, 11) is 0. The fourth-order valence-electron chi connectivity index (χ4n) is 4.72. The van der Waals surface area contributed by atoms with Gasteiger partial charge < -0.3 is 9.30 Å². The SMILES string of the molecule is CCOC(=O)c1c2c(c(C)n1Cc1ccccc1)-c1nn(Cc3ccccc3)cc1CC2. The highest BCUT2D eigenvalue weighted by atomic mass is 16.5. The largest absolute Gasteiger partial charge is 0.461 e. The first-order chi connectivity index (χ1) is 15.7. The number of aromatic nitrogens is 3. The lowest BCUT2D eigenvalue weighted by molar-refractivity contribution is 0.0512. The summed E-state index contributed by atoms with van der Waals surface area (Å²) in [5.41, 5.74) is 8.51. The number of esters is 1. The molecule has 2 heterocycles. The van der Waals surface area contributed by atoms with Crippen molar-refractivity contribution in [1.82, 2.24) is 14.3 Å². The molecule has 0 atom stereocenters. The van der Waals surface area contributed by atoms with E-state index < -0.39 is 0 Å². The highest BCUT2D eigenvalue weighted by molar-refractivity contribution is 5.94. The van der Waals surface area contributed by atoms with Crippen molar-refractivity contribution in [3.05, 3.63) is 101 Å². The van der Waals surface area contributed by atoms with E-state index in [0.717, 1.165) is 47.5 Å². The second-order valence-electron chi connectivity index (χ2n) is 8.27. The first kappa shape index (κ1) is 20.3. The molecule has 0 spiro atoms. The molecule has 5 nitrogen and oxygen atoms in total. The zero-order chi connectivity index (χ0) is 22.1. The Kier molecular flexibility index (Phi) is 5.39. The molecule has 1 aliphatic carbocycles. The Bertz CT molecular complexity index is 1250. The van der Waals surface area contributed by atoms with E-state index in [1.54, 1.807) is 0 Å². The molecule has 0 saturated heterocycles. The van der Waals surface area contributed by atoms with E-state index in [1.165, 1.54) is 11.1 Å². The Labute approximate surface area is 188 Å². The molecule has 32 heavy (non-hydrogen) atoms. The van der Waals surface area contributed by atoms with Gasteiger partial charge in [0.2, 0.25) is 0 Å². The van der Waals surface area contributed by atoms with Gasteiger partial charge in [0.05, 0.1) is 18.8 Å². The van der Waals surface area contributed by atoms with E-state index in [0.29, 0.717) is 18.8 Å². The predicted octanol–water partition coefficient (Wildman–Crippen LogP) is 5.03. The van der Waals surface area contributed by atoms with Crippen molar-refractivity contribution in [2.45, 2.75) is 39.8 Å². The molecule has 4 aromatic rings. The molecule has 0 fully saturated rings. The van der Waals surface area contributed by atoms with Crippen molar-refractivity contribution in [2.75, 3.05) is 6.61 Å². The number of hydrogen-bond acceptors (Lipinski definition) is 3. The number of rotatable bonds is 6. The molecule has 5 rings (SSSR count). The summed E-state index contributed by atoms with van der Waals surface area (Å²) in [5.74, 6) is -0.250. The first-order valence-electron chi connectivity index (χ1n) is 11.2. The molecule has 0 unspecified atom stereocenters. The van der Waals surface area contributed by atoms with Crippen LogP contribution >= 0.6 is 0 Å². The fraction of sp³-hybridized carbons (Fsp3) is 0.259. The third-order valence-electron chi connectivity index (χ3n) is 6.18. The Morgan fingerprint density at radius 2 is 1.62 bits per heavy atom. The summed E-state index contributed by atoms with van der Waals surface area (Å²) in [6.07, 6.45) is 3.84. The minimum Gasteiger partial charge on any atom is -0.461 e. The first-order valence-corrected chi connectivity index (χ1v) is 11.2. The van der Waals surface area contributed by atoms with Crippen LogP contribution in [-0.4, -0.2) is 26.9 Å². The quantitative estimate of drug-likeness (QED) is 0.407. The van der Waals surface area contributed by atoms with Gasteiger partial charge in [-0.3, -0.25) is 4.68 Å². The molecular weight excluding hydrogens is 398 g/mol. The summed E-state index contributed by atoms with van der Waals surface area (Å²) in [6, 6.07) is 20.6. The highest BCUT2D eigenvalue weighted by Crippen LogP contribution is 2.39. The maximum atomic E-state index is 13.0. The smallest absolute Gasteiger partial charge is 0.355 e. The summed E-state index contributed by atoms with van der Waals surface area (Å²) in [6.45, 7) is 5.67. The van der Waals surface area contributed by atoms with Crippen LogP contribution in [0.5, 0.6) is 0 Å². The highest BCUT2D eigenvalue weighted by Gasteiger charge is 2.32. The average Bonchev–Trinajstić information content (AvgIpc) is 3.33. The van der Waals surface area contributed by atoms with Gasteiger partial charge in [-0.05, 0) is 48.9 Å². The lowest BCUT2D eigenvalue weighted by atomic mass is 9.91. The molecule has 2 aromatic carbocycles. The number of benzene rings is 2. The van der Waals surface area contributed by atoms with Crippen LogP contribution in [0.25, 0.3) is 11.3 Å². The maximum Gasteiger partial charge on any atom is 0.355 e. The van der Waals surface area contributed by atoms with Gasteiger partial charge in [0.25, 0.3) is 0 Å². The van der Waals surface area contributed by atoms with Gasteiger partial charge in [-0.2, -0.15) is 5.10 Å². The Morgan fingerprint density at radius 1 is 0.969 bits per heavy atom. The molecule has 0 bridgehead atoms. The minimum atomic E-state index is -0.250. The second-order valence-corrected chi connectivity index (χ2v) is 8.27. The van der Waals surface area contributed by atoms with E-state index in [4.69, 9.17) is 9.84 Å². The standard InChI is InChI=1S/C27H27N3O2/c1-3-32-27(31)26-23-15-14-22-18-29(16-20-10-6-4-7-11-20)28-25(22)24(23)19(2)30(26)17-21-12-8-5-9-13-21/h4-13,18H,3,14-17H2,1-2H3. The number of aryl methyl sites for hydroxylation is 1. The lowest BCUT2D eigenvalue weighted by Gasteiger charge is -2.13. The lowest BCUT2D eigenvalue weighted by Crippen LogP contribution is -2.16. The predicted molar refractivity (Wildman–Crippen MR) is 125 cm³/mol. The van der Waals surface area contributed by atoms with Crippen molar-refractivity contribution in [3.63, 3.8) is 0 Å². The number of fused-ring (bicyclic) bond motifs is 3. The van der Waals surface area contributed by atoms with Crippen LogP contribution in [0.15, 0.2) is 66.9 Å². The van der Waals surface area contributed by atoms with Crippen LogP contribution in [0.3, 0.4) is 0 Å². The van der Waals surface area contributed by atoms with Gasteiger partial charge in [-0.15, -0.1) is 0 Å². The van der Waals surface area contributed by atoms with Gasteiger partial charge in [0.1, 0.15) is 5.69 Å². The average molecular weight is 426 g/mol. The van der Waals surface area contributed by atoms with Gasteiger partial charge in [-0.25, -0.2) is 4.79 Å². The van der Waals surface area contributed by atoms with E-state index >= 15 is 0 Å². The number of carbonyl (C=O) groups is 1. The molecule has 162 valence electrons. The zero-order valence-electron chi connectivity index (χ0n) is 18.5. The van der Waals surface area contributed by atoms with Crippen molar-refractivity contribution < 1.29 is 9.53 Å². The summed E-state index contributed by atoms with van der Waals surface area (Å²) in [5, 5.41) is 4.97. The van der Waals surface area contributed by atoms with Crippen LogP contribution in [-0.2, 0) is 30.7 Å². The summed E-state index contributed by atoms with van der Waals surface area (Å²) >= 11 is 0. The van der Waals surface area contributed by atoms with Crippen LogP contribution in [0.2, 0.25) is 0 Å². The molecule has 0 saturated carbocycles. The third-order valence-corrected chi connectivity index (χ3v) is 6.18. The van der Waals surface area contributed by atoms with E-state index in [9.17, 15) is 4.79 Å². The Balaban J connectivity index is 1.59. The summed E-state index contributed by atoms with van der Waals surface area (Å²) in [4.78, 5) is 13.0. The molecule has 0 radical (unpaired) electrons. The summed E-state index contributed by atoms with van der Waals surface area (Å²) < 4.78 is 9.61. The number of nitrogens with zero attached hydrogens (tertiary/aromatic N) is 3. The van der Waals surface area contributed by atoms with Crippen LogP contribution < -0.4 is 0 Å². The molecule has 0 amide bonds. The second kappa shape index (κ2) is 8.50. The Hall–Kier alpha value is -3.60. The molecule has 5 heteroatoms. The third kappa shape index (κ3) is 3.64. The Morgan fingerprint density at radius 3 is 2.28 bits per heavy atom. The fourth-order valence-corrected chi connectivity index (χ4v) is 4.72. The zero-order valence-corrected chi connectivity index (χ0v) is 18.5. The van der Waals surface area contributed by atoms with E-state index in [-0.39, 0.29) is 5.97 Å². The normalized spacial score (nSPS) is 12.3. The molecule has 0 aliphatic heterocycles. The van der Waals surface area contributed by atoms with Crippen LogP contribution in [0.4, 0.5) is 0 Å². The van der Waals surface area contributed by atoms with Gasteiger partial charge in [0, 0.05) is 24.0 Å². The van der Waals surface area contributed by atoms with Crippen molar-refractivity contribution in [3.8, 4) is 11.3 Å². The van der Waals surface area contributed by atoms with Crippen molar-refractivity contribution in [2.24, 2.45) is 0 Å². The maximum absolute atomic E-state index is 13.0. The van der Waals surface area contributed by atoms with Crippen molar-refractivity contribution >= 4 is 5.97 Å². The number of carbonyl (C=O) groups excluding carboxylic acids is 1. The molecular formula is C27H27N3O2. The van der Waals surface area contributed by atoms with Crippen LogP contribution in [0.1, 0.15) is 45.4 Å². The van der Waals surface area contributed by atoms with Gasteiger partial charge in [-0.1, -0.05) is 60.7 Å². The molecule has 2 aromatic heterocycles. The van der Waals surface area contributed by atoms with E-state index in [1.807, 2.05) is 35.9 Å². The topological polar surface area (TPSA) is 49.1 Å². The number of hydrogen-bond donors (Lipinski definition) is 0. The van der Waals surface area contributed by atoms with Crippen molar-refractivity contribution in [1.29, 1.82) is 0 Å². The monoisotopic (exact) mass is 425 g/mol. The molecule has 0 N–H and O–H groups in total. The van der Waals surface area contributed by atoms with Gasteiger partial charge in [0.15, 0.2) is 0 Å². The van der Waals surface area contributed by atoms with Crippen LogP contribution in [0, 0.1) is 6.92 Å². The molecule has 1 aliphatic rings. The van der Waals surface area contributed by atoms with E-state index in [2.05, 4.69) is 54.1 Å².